The number of halogens is 1. The molecule has 3 heterocycles. The lowest BCUT2D eigenvalue weighted by Crippen LogP contribution is -2.43. The molecule has 8 nitrogen and oxygen atoms in total. The van der Waals surface area contributed by atoms with Crippen LogP contribution in [-0.4, -0.2) is 41.9 Å². The maximum absolute atomic E-state index is 13.4. The minimum absolute atomic E-state index is 0.0742. The van der Waals surface area contributed by atoms with Crippen molar-refractivity contribution in [1.29, 1.82) is 0 Å². The van der Waals surface area contributed by atoms with E-state index >= 15 is 0 Å². The topological polar surface area (TPSA) is 105 Å². The number of nitrogens with zero attached hydrogens (tertiary/aromatic N) is 3. The first-order valence-electron chi connectivity index (χ1n) is 10.9. The molecule has 2 aromatic heterocycles. The normalized spacial score (nSPS) is 19.8. The van der Waals surface area contributed by atoms with Crippen molar-refractivity contribution >= 4 is 33.0 Å². The zero-order chi connectivity index (χ0) is 23.0. The van der Waals surface area contributed by atoms with Crippen molar-refractivity contribution in [3.8, 4) is 11.4 Å². The zero-order valence-electron chi connectivity index (χ0n) is 17.7. The Morgan fingerprint density at radius 2 is 2.06 bits per heavy atom. The largest absolute Gasteiger partial charge is 0.339 e. The Kier molecular flexibility index (Phi) is 6.02. The average molecular weight is 491 g/mol. The number of anilines is 1. The minimum atomic E-state index is -3.77. The Morgan fingerprint density at radius 1 is 1.21 bits per heavy atom. The van der Waals surface area contributed by atoms with E-state index in [9.17, 15) is 17.6 Å². The smallest absolute Gasteiger partial charge is 0.252 e. The van der Waals surface area contributed by atoms with Crippen LogP contribution < -0.4 is 5.32 Å². The van der Waals surface area contributed by atoms with Gasteiger partial charge in [0.2, 0.25) is 17.6 Å². The number of thiophene rings is 1. The summed E-state index contributed by atoms with van der Waals surface area (Å²) < 4.78 is 46.8. The molecule has 11 heteroatoms. The number of sulfonamides is 1. The van der Waals surface area contributed by atoms with E-state index < -0.39 is 21.8 Å². The van der Waals surface area contributed by atoms with Gasteiger partial charge in [-0.2, -0.15) is 9.29 Å². The summed E-state index contributed by atoms with van der Waals surface area (Å²) in [6, 6.07) is 7.20. The molecule has 1 saturated heterocycles. The number of rotatable bonds is 6. The van der Waals surface area contributed by atoms with Crippen LogP contribution in [0.4, 0.5) is 10.1 Å². The van der Waals surface area contributed by atoms with Gasteiger partial charge >= 0.3 is 0 Å². The van der Waals surface area contributed by atoms with Gasteiger partial charge in [0, 0.05) is 35.6 Å². The Labute approximate surface area is 194 Å². The van der Waals surface area contributed by atoms with Crippen molar-refractivity contribution in [3.05, 3.63) is 47.4 Å². The van der Waals surface area contributed by atoms with E-state index in [1.54, 1.807) is 17.5 Å². The lowest BCUT2D eigenvalue weighted by atomic mass is 9.85. The Morgan fingerprint density at radius 3 is 2.82 bits per heavy atom. The molecule has 5 rings (SSSR count). The average Bonchev–Trinajstić information content (AvgIpc) is 3.43. The van der Waals surface area contributed by atoms with E-state index in [4.69, 9.17) is 4.52 Å². The van der Waals surface area contributed by atoms with Gasteiger partial charge in [-0.05, 0) is 49.9 Å². The molecule has 1 amide bonds. The summed E-state index contributed by atoms with van der Waals surface area (Å²) >= 11 is 1.10. The third-order valence-electron chi connectivity index (χ3n) is 6.17. The molecular weight excluding hydrogens is 467 g/mol. The molecule has 1 aliphatic carbocycles. The first kappa shape index (κ1) is 22.2. The first-order valence-corrected chi connectivity index (χ1v) is 13.2. The summed E-state index contributed by atoms with van der Waals surface area (Å²) in [6.07, 6.45) is 4.35. The number of nitrogens with one attached hydrogen (secondary N) is 1. The quantitative estimate of drug-likeness (QED) is 0.554. The molecule has 2 fully saturated rings. The molecule has 174 valence electrons. The fourth-order valence-corrected chi connectivity index (χ4v) is 6.89. The number of hydrogen-bond acceptors (Lipinski definition) is 7. The summed E-state index contributed by atoms with van der Waals surface area (Å²) in [5.41, 5.74) is 0.953. The third kappa shape index (κ3) is 4.57. The van der Waals surface area contributed by atoms with Crippen LogP contribution in [0.3, 0.4) is 0 Å². The van der Waals surface area contributed by atoms with Gasteiger partial charge in [0.1, 0.15) is 10.0 Å². The van der Waals surface area contributed by atoms with Crippen LogP contribution in [0.15, 0.2) is 44.4 Å². The van der Waals surface area contributed by atoms with Gasteiger partial charge in [-0.15, -0.1) is 11.3 Å². The second-order valence-electron chi connectivity index (χ2n) is 8.44. The predicted octanol–water partition coefficient (Wildman–Crippen LogP) is 4.24. The molecule has 0 bridgehead atoms. The van der Waals surface area contributed by atoms with E-state index in [1.807, 2.05) is 0 Å². The Bertz CT molecular complexity index is 1270. The van der Waals surface area contributed by atoms with Gasteiger partial charge in [0.25, 0.3) is 10.0 Å². The number of amides is 1. The van der Waals surface area contributed by atoms with Gasteiger partial charge < -0.3 is 9.84 Å². The molecular formula is C22H23FN4O4S2. The number of carbonyl (C=O) groups excluding carboxylic acids is 1. The molecule has 0 spiro atoms. The fourth-order valence-electron chi connectivity index (χ4n) is 4.06. The van der Waals surface area contributed by atoms with E-state index in [1.165, 1.54) is 22.5 Å². The molecule has 0 radical (unpaired) electrons. The van der Waals surface area contributed by atoms with Gasteiger partial charge in [-0.3, -0.25) is 4.79 Å². The van der Waals surface area contributed by atoms with E-state index in [2.05, 4.69) is 15.5 Å². The third-order valence-corrected chi connectivity index (χ3v) is 9.45. The first-order chi connectivity index (χ1) is 15.9. The Balaban J connectivity index is 1.28. The highest BCUT2D eigenvalue weighted by molar-refractivity contribution is 7.91. The van der Waals surface area contributed by atoms with Crippen molar-refractivity contribution in [2.75, 3.05) is 18.4 Å². The second-order valence-corrected chi connectivity index (χ2v) is 11.5. The van der Waals surface area contributed by atoms with Gasteiger partial charge in [-0.25, -0.2) is 12.8 Å². The summed E-state index contributed by atoms with van der Waals surface area (Å²) in [4.78, 5) is 17.1. The van der Waals surface area contributed by atoms with Crippen molar-refractivity contribution in [1.82, 2.24) is 14.4 Å². The van der Waals surface area contributed by atoms with E-state index in [0.29, 0.717) is 48.3 Å². The number of hydrogen-bond donors (Lipinski definition) is 1. The van der Waals surface area contributed by atoms with Gasteiger partial charge in [-0.1, -0.05) is 17.6 Å². The maximum atomic E-state index is 13.4. The summed E-state index contributed by atoms with van der Waals surface area (Å²) in [7, 11) is -3.77. The van der Waals surface area contributed by atoms with Crippen LogP contribution in [0.25, 0.3) is 11.4 Å². The van der Waals surface area contributed by atoms with Crippen LogP contribution in [0.5, 0.6) is 0 Å². The van der Waals surface area contributed by atoms with Crippen LogP contribution in [0.2, 0.25) is 0 Å². The molecule has 1 atom stereocenters. The maximum Gasteiger partial charge on any atom is 0.252 e. The SMILES string of the molecule is O=C(Nc1cccc(F)c1)[C@H]1CCCN(S(=O)(=O)c2cc(-c3noc(C4CCC4)n3)cs2)C1. The van der Waals surface area contributed by atoms with Crippen molar-refractivity contribution in [3.63, 3.8) is 0 Å². The van der Waals surface area contributed by atoms with Crippen LogP contribution in [0.1, 0.15) is 43.9 Å². The highest BCUT2D eigenvalue weighted by atomic mass is 32.2. The van der Waals surface area contributed by atoms with Crippen LogP contribution in [-0.2, 0) is 14.8 Å². The predicted molar refractivity (Wildman–Crippen MR) is 121 cm³/mol. The summed E-state index contributed by atoms with van der Waals surface area (Å²) in [5.74, 6) is 0.0178. The van der Waals surface area contributed by atoms with Gasteiger partial charge in [0.15, 0.2) is 0 Å². The summed E-state index contributed by atoms with van der Waals surface area (Å²) in [5, 5.41) is 8.41. The van der Waals surface area contributed by atoms with Crippen LogP contribution >= 0.6 is 11.3 Å². The second kappa shape index (κ2) is 8.96. The number of piperidine rings is 1. The van der Waals surface area contributed by atoms with Crippen LogP contribution in [0, 0.1) is 11.7 Å². The molecule has 2 aliphatic rings. The molecule has 1 aliphatic heterocycles. The lowest BCUT2D eigenvalue weighted by molar-refractivity contribution is -0.120. The standard InChI is InChI=1S/C22H23FN4O4S2/c23-17-7-2-8-18(11-17)24-21(28)15-6-3-9-27(12-15)33(29,30)19-10-16(13-32-19)20-25-22(31-26-20)14-4-1-5-14/h2,7-8,10-11,13-15H,1,3-6,9,12H2,(H,24,28)/t15-/m0/s1. The molecule has 1 saturated carbocycles. The molecule has 1 N–H and O–H groups in total. The summed E-state index contributed by atoms with van der Waals surface area (Å²) in [6.45, 7) is 0.415. The highest BCUT2D eigenvalue weighted by Crippen LogP contribution is 2.37. The van der Waals surface area contributed by atoms with E-state index in [-0.39, 0.29) is 16.7 Å². The fraction of sp³-hybridized carbons (Fsp3) is 0.409. The van der Waals surface area contributed by atoms with Crippen molar-refractivity contribution < 1.29 is 22.1 Å². The monoisotopic (exact) mass is 490 g/mol. The lowest BCUT2D eigenvalue weighted by Gasteiger charge is -2.30. The van der Waals surface area contributed by atoms with Crippen molar-refractivity contribution in [2.24, 2.45) is 5.92 Å². The number of carbonyl (C=O) groups is 1. The van der Waals surface area contributed by atoms with Crippen molar-refractivity contribution in [2.45, 2.75) is 42.2 Å². The highest BCUT2D eigenvalue weighted by Gasteiger charge is 2.34. The number of benzene rings is 1. The molecule has 33 heavy (non-hydrogen) atoms. The molecule has 0 unspecified atom stereocenters. The molecule has 1 aromatic carbocycles. The van der Waals surface area contributed by atoms with Gasteiger partial charge in [0.05, 0.1) is 5.92 Å². The zero-order valence-corrected chi connectivity index (χ0v) is 19.4. The minimum Gasteiger partial charge on any atom is -0.339 e. The number of aromatic nitrogens is 2. The Hall–Kier alpha value is -2.63. The van der Waals surface area contributed by atoms with E-state index in [0.717, 1.165) is 30.6 Å². The molecule has 3 aromatic rings.